The number of aromatic amines is 1. The Morgan fingerprint density at radius 1 is 1.41 bits per heavy atom. The number of aromatic nitrogens is 2. The Balaban J connectivity index is 1.63. The number of benzene rings is 1. The van der Waals surface area contributed by atoms with E-state index in [0.29, 0.717) is 18.8 Å². The Bertz CT molecular complexity index is 639. The van der Waals surface area contributed by atoms with E-state index in [1.807, 2.05) is 12.1 Å². The van der Waals surface area contributed by atoms with E-state index in [1.165, 1.54) is 11.1 Å². The van der Waals surface area contributed by atoms with Crippen LogP contribution in [-0.4, -0.2) is 45.3 Å². The SMILES string of the molecule is Cc1ccccc1C[C@H]1CCN(C(=O)c2ccn[nH]2)C[C@@H]1O. The summed E-state index contributed by atoms with van der Waals surface area (Å²) in [7, 11) is 0. The summed E-state index contributed by atoms with van der Waals surface area (Å²) in [6, 6.07) is 9.93. The molecule has 2 heterocycles. The first-order valence-corrected chi connectivity index (χ1v) is 7.66. The van der Waals surface area contributed by atoms with Crippen LogP contribution in [0.25, 0.3) is 0 Å². The van der Waals surface area contributed by atoms with E-state index in [0.717, 1.165) is 12.8 Å². The monoisotopic (exact) mass is 299 g/mol. The van der Waals surface area contributed by atoms with Crippen molar-refractivity contribution in [2.75, 3.05) is 13.1 Å². The van der Waals surface area contributed by atoms with Crippen molar-refractivity contribution >= 4 is 5.91 Å². The van der Waals surface area contributed by atoms with E-state index >= 15 is 0 Å². The van der Waals surface area contributed by atoms with E-state index in [-0.39, 0.29) is 11.8 Å². The molecule has 1 aliphatic rings. The molecule has 1 aromatic heterocycles. The summed E-state index contributed by atoms with van der Waals surface area (Å²) >= 11 is 0. The van der Waals surface area contributed by atoms with E-state index in [1.54, 1.807) is 17.2 Å². The van der Waals surface area contributed by atoms with Crippen molar-refractivity contribution in [3.05, 3.63) is 53.3 Å². The quantitative estimate of drug-likeness (QED) is 0.908. The van der Waals surface area contributed by atoms with Crippen LogP contribution in [0.1, 0.15) is 28.0 Å². The molecule has 1 amide bonds. The predicted molar refractivity (Wildman–Crippen MR) is 83.5 cm³/mol. The summed E-state index contributed by atoms with van der Waals surface area (Å²) in [5, 5.41) is 16.9. The molecule has 116 valence electrons. The van der Waals surface area contributed by atoms with Gasteiger partial charge >= 0.3 is 0 Å². The Kier molecular flexibility index (Phi) is 4.24. The predicted octanol–water partition coefficient (Wildman–Crippen LogP) is 1.78. The minimum atomic E-state index is -0.486. The molecule has 5 heteroatoms. The number of aliphatic hydroxyl groups is 1. The number of carbonyl (C=O) groups excluding carboxylic acids is 1. The number of hydrogen-bond acceptors (Lipinski definition) is 3. The fourth-order valence-corrected chi connectivity index (χ4v) is 3.07. The molecule has 5 nitrogen and oxygen atoms in total. The molecule has 0 spiro atoms. The number of likely N-dealkylation sites (tertiary alicyclic amines) is 1. The fourth-order valence-electron chi connectivity index (χ4n) is 3.07. The van der Waals surface area contributed by atoms with Gasteiger partial charge < -0.3 is 10.0 Å². The zero-order valence-electron chi connectivity index (χ0n) is 12.7. The normalized spacial score (nSPS) is 21.8. The number of rotatable bonds is 3. The summed E-state index contributed by atoms with van der Waals surface area (Å²) in [6.07, 6.45) is 2.75. The third-order valence-electron chi connectivity index (χ3n) is 4.48. The maximum Gasteiger partial charge on any atom is 0.271 e. The maximum atomic E-state index is 12.3. The Labute approximate surface area is 130 Å². The lowest BCUT2D eigenvalue weighted by Gasteiger charge is -2.36. The van der Waals surface area contributed by atoms with Gasteiger partial charge in [-0.15, -0.1) is 0 Å². The van der Waals surface area contributed by atoms with E-state index in [9.17, 15) is 9.90 Å². The van der Waals surface area contributed by atoms with Crippen LogP contribution in [0.5, 0.6) is 0 Å². The lowest BCUT2D eigenvalue weighted by atomic mass is 9.86. The van der Waals surface area contributed by atoms with Crippen molar-refractivity contribution in [1.82, 2.24) is 15.1 Å². The number of aryl methyl sites for hydroxylation is 1. The van der Waals surface area contributed by atoms with Crippen LogP contribution in [0.2, 0.25) is 0 Å². The Morgan fingerprint density at radius 2 is 2.23 bits per heavy atom. The summed E-state index contributed by atoms with van der Waals surface area (Å²) in [5.74, 6) is 0.109. The zero-order chi connectivity index (χ0) is 15.5. The number of β-amino-alcohol motifs (C(OH)–C–C–N with tert-alkyl or cyclic N) is 1. The number of aliphatic hydroxyl groups excluding tert-OH is 1. The number of amides is 1. The van der Waals surface area contributed by atoms with Crippen LogP contribution in [0.15, 0.2) is 36.5 Å². The first kappa shape index (κ1) is 14.8. The number of hydrogen-bond donors (Lipinski definition) is 2. The Hall–Kier alpha value is -2.14. The van der Waals surface area contributed by atoms with E-state index in [4.69, 9.17) is 0 Å². The largest absolute Gasteiger partial charge is 0.391 e. The first-order chi connectivity index (χ1) is 10.6. The van der Waals surface area contributed by atoms with Crippen molar-refractivity contribution in [3.63, 3.8) is 0 Å². The number of H-pyrrole nitrogens is 1. The van der Waals surface area contributed by atoms with Crippen LogP contribution in [0, 0.1) is 12.8 Å². The number of piperidine rings is 1. The van der Waals surface area contributed by atoms with Gasteiger partial charge in [0, 0.05) is 19.3 Å². The van der Waals surface area contributed by atoms with E-state index < -0.39 is 6.10 Å². The molecule has 0 aliphatic carbocycles. The number of carbonyl (C=O) groups is 1. The van der Waals surface area contributed by atoms with Gasteiger partial charge in [0.15, 0.2) is 0 Å². The van der Waals surface area contributed by atoms with Crippen molar-refractivity contribution in [2.45, 2.75) is 25.9 Å². The maximum absolute atomic E-state index is 12.3. The molecule has 0 bridgehead atoms. The molecule has 2 N–H and O–H groups in total. The summed E-state index contributed by atoms with van der Waals surface area (Å²) < 4.78 is 0. The highest BCUT2D eigenvalue weighted by molar-refractivity contribution is 5.92. The van der Waals surface area contributed by atoms with Crippen molar-refractivity contribution in [1.29, 1.82) is 0 Å². The van der Waals surface area contributed by atoms with Gasteiger partial charge in [0.1, 0.15) is 5.69 Å². The van der Waals surface area contributed by atoms with Gasteiger partial charge in [-0.2, -0.15) is 5.10 Å². The average Bonchev–Trinajstić information content (AvgIpc) is 3.05. The van der Waals surface area contributed by atoms with Crippen LogP contribution >= 0.6 is 0 Å². The van der Waals surface area contributed by atoms with Gasteiger partial charge in [0.05, 0.1) is 6.10 Å². The lowest BCUT2D eigenvalue weighted by Crippen LogP contribution is -2.47. The third kappa shape index (κ3) is 3.04. The van der Waals surface area contributed by atoms with Crippen LogP contribution < -0.4 is 0 Å². The van der Waals surface area contributed by atoms with Gasteiger partial charge in [-0.05, 0) is 42.9 Å². The van der Waals surface area contributed by atoms with Crippen LogP contribution in [0.4, 0.5) is 0 Å². The minimum absolute atomic E-state index is 0.0918. The van der Waals surface area contributed by atoms with Gasteiger partial charge in [-0.1, -0.05) is 24.3 Å². The topological polar surface area (TPSA) is 69.2 Å². The van der Waals surface area contributed by atoms with E-state index in [2.05, 4.69) is 29.3 Å². The minimum Gasteiger partial charge on any atom is -0.391 e. The molecule has 0 saturated carbocycles. The summed E-state index contributed by atoms with van der Waals surface area (Å²) in [4.78, 5) is 14.0. The zero-order valence-corrected chi connectivity index (χ0v) is 12.7. The van der Waals surface area contributed by atoms with Crippen molar-refractivity contribution in [3.8, 4) is 0 Å². The standard InChI is InChI=1S/C17H21N3O2/c1-12-4-2-3-5-13(12)10-14-7-9-20(11-16(14)21)17(22)15-6-8-18-19-15/h2-6,8,14,16,21H,7,9-11H2,1H3,(H,18,19)/t14-,16+/m1/s1. The highest BCUT2D eigenvalue weighted by Crippen LogP contribution is 2.24. The first-order valence-electron chi connectivity index (χ1n) is 7.66. The summed E-state index contributed by atoms with van der Waals surface area (Å²) in [5.41, 5.74) is 3.01. The molecule has 1 aromatic carbocycles. The molecular weight excluding hydrogens is 278 g/mol. The molecule has 0 radical (unpaired) electrons. The summed E-state index contributed by atoms with van der Waals surface area (Å²) in [6.45, 7) is 3.15. The van der Waals surface area contributed by atoms with Crippen LogP contribution in [0.3, 0.4) is 0 Å². The molecule has 3 rings (SSSR count). The molecule has 22 heavy (non-hydrogen) atoms. The van der Waals surface area contributed by atoms with Crippen molar-refractivity contribution < 1.29 is 9.90 Å². The molecule has 1 fully saturated rings. The second-order valence-electron chi connectivity index (χ2n) is 5.97. The molecule has 0 unspecified atom stereocenters. The number of nitrogens with zero attached hydrogens (tertiary/aromatic N) is 2. The number of nitrogens with one attached hydrogen (secondary N) is 1. The smallest absolute Gasteiger partial charge is 0.271 e. The molecule has 2 atom stereocenters. The van der Waals surface area contributed by atoms with Crippen LogP contribution in [-0.2, 0) is 6.42 Å². The fraction of sp³-hybridized carbons (Fsp3) is 0.412. The molecule has 2 aromatic rings. The second kappa shape index (κ2) is 6.32. The second-order valence-corrected chi connectivity index (χ2v) is 5.97. The highest BCUT2D eigenvalue weighted by atomic mass is 16.3. The average molecular weight is 299 g/mol. The molecular formula is C17H21N3O2. The molecule has 1 saturated heterocycles. The van der Waals surface area contributed by atoms with Gasteiger partial charge in [-0.3, -0.25) is 9.89 Å². The van der Waals surface area contributed by atoms with Gasteiger partial charge in [0.2, 0.25) is 0 Å². The van der Waals surface area contributed by atoms with Gasteiger partial charge in [-0.25, -0.2) is 0 Å². The third-order valence-corrected chi connectivity index (χ3v) is 4.48. The lowest BCUT2D eigenvalue weighted by molar-refractivity contribution is 0.0194. The highest BCUT2D eigenvalue weighted by Gasteiger charge is 2.31. The van der Waals surface area contributed by atoms with Crippen molar-refractivity contribution in [2.24, 2.45) is 5.92 Å². The van der Waals surface area contributed by atoms with Gasteiger partial charge in [0.25, 0.3) is 5.91 Å². The Morgan fingerprint density at radius 3 is 2.91 bits per heavy atom. The molecule has 1 aliphatic heterocycles.